The molecule has 0 aromatic rings. The molecule has 17 heavy (non-hydrogen) atoms. The van der Waals surface area contributed by atoms with Gasteiger partial charge in [0.1, 0.15) is 0 Å². The van der Waals surface area contributed by atoms with Crippen LogP contribution in [0.2, 0.25) is 0 Å². The summed E-state index contributed by atoms with van der Waals surface area (Å²) in [5.74, 6) is -0.235. The van der Waals surface area contributed by atoms with Gasteiger partial charge in [-0.15, -0.1) is 0 Å². The van der Waals surface area contributed by atoms with Gasteiger partial charge in [-0.05, 0) is 6.42 Å². The minimum atomic E-state index is -0.390. The van der Waals surface area contributed by atoms with Crippen molar-refractivity contribution in [2.24, 2.45) is 0 Å². The Labute approximate surface area is 102 Å². The first kappa shape index (κ1) is 13.9. The van der Waals surface area contributed by atoms with E-state index in [4.69, 9.17) is 0 Å². The molecule has 0 bridgehead atoms. The maximum absolute atomic E-state index is 11.5. The largest absolute Gasteiger partial charge is 0.338 e. The number of imide groups is 1. The highest BCUT2D eigenvalue weighted by Crippen LogP contribution is 1.90. The molecule has 1 fully saturated rings. The van der Waals surface area contributed by atoms with E-state index in [1.165, 1.54) is 0 Å². The van der Waals surface area contributed by atoms with Gasteiger partial charge in [0.05, 0.1) is 6.54 Å². The molecular formula is C11H22N4O2. The fraction of sp³-hybridized carbons (Fsp3) is 0.818. The SMILES string of the molecule is CCCCNC(=O)NC(=O)CN1CCNCC1. The standard InChI is InChI=1S/C11H22N4O2/c1-2-3-4-13-11(17)14-10(16)9-15-7-5-12-6-8-15/h12H,2-9H2,1H3,(H2,13,14,16,17). The first-order chi connectivity index (χ1) is 8.22. The highest BCUT2D eigenvalue weighted by molar-refractivity contribution is 5.95. The van der Waals surface area contributed by atoms with Crippen LogP contribution in [0.3, 0.4) is 0 Å². The van der Waals surface area contributed by atoms with Crippen LogP contribution < -0.4 is 16.0 Å². The zero-order valence-electron chi connectivity index (χ0n) is 10.4. The predicted molar refractivity (Wildman–Crippen MR) is 65.8 cm³/mol. The summed E-state index contributed by atoms with van der Waals surface area (Å²) in [7, 11) is 0. The molecule has 0 radical (unpaired) electrons. The van der Waals surface area contributed by atoms with Gasteiger partial charge in [0.15, 0.2) is 0 Å². The Kier molecular flexibility index (Phi) is 6.57. The molecule has 0 atom stereocenters. The molecule has 6 heteroatoms. The number of nitrogens with one attached hydrogen (secondary N) is 3. The minimum absolute atomic E-state index is 0.235. The van der Waals surface area contributed by atoms with Crippen molar-refractivity contribution >= 4 is 11.9 Å². The van der Waals surface area contributed by atoms with E-state index in [2.05, 4.69) is 22.9 Å². The molecule has 1 rings (SSSR count). The Morgan fingerprint density at radius 1 is 1.29 bits per heavy atom. The normalized spacial score (nSPS) is 16.5. The quantitative estimate of drug-likeness (QED) is 0.569. The van der Waals surface area contributed by atoms with Gasteiger partial charge in [0.25, 0.3) is 0 Å². The van der Waals surface area contributed by atoms with Crippen molar-refractivity contribution in [2.45, 2.75) is 19.8 Å². The van der Waals surface area contributed by atoms with Crippen molar-refractivity contribution in [1.29, 1.82) is 0 Å². The maximum atomic E-state index is 11.5. The third kappa shape index (κ3) is 6.23. The fourth-order valence-corrected chi connectivity index (χ4v) is 1.66. The topological polar surface area (TPSA) is 73.5 Å². The van der Waals surface area contributed by atoms with E-state index >= 15 is 0 Å². The minimum Gasteiger partial charge on any atom is -0.338 e. The van der Waals surface area contributed by atoms with Gasteiger partial charge in [-0.3, -0.25) is 15.0 Å². The van der Waals surface area contributed by atoms with Crippen molar-refractivity contribution in [1.82, 2.24) is 20.9 Å². The number of amides is 3. The summed E-state index contributed by atoms with van der Waals surface area (Å²) in [6.07, 6.45) is 1.95. The monoisotopic (exact) mass is 242 g/mol. The molecule has 3 amide bonds. The van der Waals surface area contributed by atoms with E-state index in [-0.39, 0.29) is 5.91 Å². The number of hydrogen-bond acceptors (Lipinski definition) is 4. The lowest BCUT2D eigenvalue weighted by molar-refractivity contribution is -0.121. The fourth-order valence-electron chi connectivity index (χ4n) is 1.66. The Bertz CT molecular complexity index is 252. The van der Waals surface area contributed by atoms with Gasteiger partial charge in [-0.2, -0.15) is 0 Å². The summed E-state index contributed by atoms with van der Waals surface area (Å²) >= 11 is 0. The Morgan fingerprint density at radius 2 is 2.00 bits per heavy atom. The molecular weight excluding hydrogens is 220 g/mol. The molecule has 1 aliphatic rings. The zero-order valence-corrected chi connectivity index (χ0v) is 10.4. The Hall–Kier alpha value is -1.14. The molecule has 0 aromatic heterocycles. The van der Waals surface area contributed by atoms with Gasteiger partial charge in [0, 0.05) is 32.7 Å². The number of unbranched alkanes of at least 4 members (excludes halogenated alkanes) is 1. The van der Waals surface area contributed by atoms with Crippen LogP contribution in [0.5, 0.6) is 0 Å². The van der Waals surface area contributed by atoms with Crippen molar-refractivity contribution < 1.29 is 9.59 Å². The van der Waals surface area contributed by atoms with Crippen LogP contribution >= 0.6 is 0 Å². The third-order valence-corrected chi connectivity index (χ3v) is 2.65. The number of hydrogen-bond donors (Lipinski definition) is 3. The van der Waals surface area contributed by atoms with Gasteiger partial charge in [-0.25, -0.2) is 4.79 Å². The molecule has 1 heterocycles. The van der Waals surface area contributed by atoms with Gasteiger partial charge >= 0.3 is 6.03 Å². The molecule has 3 N–H and O–H groups in total. The highest BCUT2D eigenvalue weighted by atomic mass is 16.2. The summed E-state index contributed by atoms with van der Waals surface area (Å²) < 4.78 is 0. The van der Waals surface area contributed by atoms with Crippen LogP contribution in [-0.4, -0.2) is 56.1 Å². The number of carbonyl (C=O) groups excluding carboxylic acids is 2. The smallest absolute Gasteiger partial charge is 0.321 e. The molecule has 0 aromatic carbocycles. The molecule has 0 saturated carbocycles. The number of urea groups is 1. The average molecular weight is 242 g/mol. The summed E-state index contributed by atoms with van der Waals surface area (Å²) in [5, 5.41) is 8.20. The molecule has 0 aliphatic carbocycles. The van der Waals surface area contributed by atoms with E-state index in [1.807, 2.05) is 4.90 Å². The van der Waals surface area contributed by atoms with Crippen LogP contribution in [0, 0.1) is 0 Å². The molecule has 6 nitrogen and oxygen atoms in total. The molecule has 0 spiro atoms. The summed E-state index contributed by atoms with van der Waals surface area (Å²) in [5.41, 5.74) is 0. The van der Waals surface area contributed by atoms with Gasteiger partial charge in [0.2, 0.25) is 5.91 Å². The second kappa shape index (κ2) is 8.03. The number of nitrogens with zero attached hydrogens (tertiary/aromatic N) is 1. The summed E-state index contributed by atoms with van der Waals surface area (Å²) in [6, 6.07) is -0.390. The lowest BCUT2D eigenvalue weighted by atomic mass is 10.3. The van der Waals surface area contributed by atoms with Crippen molar-refractivity contribution in [3.63, 3.8) is 0 Å². The number of carbonyl (C=O) groups is 2. The van der Waals surface area contributed by atoms with Crippen molar-refractivity contribution in [2.75, 3.05) is 39.3 Å². The van der Waals surface area contributed by atoms with Crippen LogP contribution in [0.15, 0.2) is 0 Å². The van der Waals surface area contributed by atoms with E-state index in [0.29, 0.717) is 13.1 Å². The number of rotatable bonds is 5. The first-order valence-electron chi connectivity index (χ1n) is 6.23. The van der Waals surface area contributed by atoms with E-state index in [0.717, 1.165) is 39.0 Å². The molecule has 0 unspecified atom stereocenters. The molecule has 1 aliphatic heterocycles. The average Bonchev–Trinajstić information content (AvgIpc) is 2.30. The molecule has 1 saturated heterocycles. The van der Waals surface area contributed by atoms with Gasteiger partial charge in [-0.1, -0.05) is 13.3 Å². The van der Waals surface area contributed by atoms with Crippen LogP contribution in [0.1, 0.15) is 19.8 Å². The first-order valence-corrected chi connectivity index (χ1v) is 6.23. The lowest BCUT2D eigenvalue weighted by Gasteiger charge is -2.26. The lowest BCUT2D eigenvalue weighted by Crippen LogP contribution is -2.49. The summed E-state index contributed by atoms with van der Waals surface area (Å²) in [6.45, 7) is 6.46. The second-order valence-electron chi connectivity index (χ2n) is 4.18. The summed E-state index contributed by atoms with van der Waals surface area (Å²) in [4.78, 5) is 24.8. The van der Waals surface area contributed by atoms with Gasteiger partial charge < -0.3 is 10.6 Å². The predicted octanol–water partition coefficient (Wildman–Crippen LogP) is -0.482. The third-order valence-electron chi connectivity index (χ3n) is 2.65. The molecule has 98 valence electrons. The Morgan fingerprint density at radius 3 is 2.65 bits per heavy atom. The maximum Gasteiger partial charge on any atom is 0.321 e. The van der Waals surface area contributed by atoms with Crippen molar-refractivity contribution in [3.8, 4) is 0 Å². The van der Waals surface area contributed by atoms with Crippen LogP contribution in [0.25, 0.3) is 0 Å². The van der Waals surface area contributed by atoms with Crippen LogP contribution in [0.4, 0.5) is 4.79 Å². The number of piperazine rings is 1. The van der Waals surface area contributed by atoms with Crippen molar-refractivity contribution in [3.05, 3.63) is 0 Å². The zero-order chi connectivity index (χ0) is 12.5. The Balaban J connectivity index is 2.12. The van der Waals surface area contributed by atoms with Crippen LogP contribution in [-0.2, 0) is 4.79 Å². The highest BCUT2D eigenvalue weighted by Gasteiger charge is 2.14. The van der Waals surface area contributed by atoms with E-state index < -0.39 is 6.03 Å². The van der Waals surface area contributed by atoms with E-state index in [9.17, 15) is 9.59 Å². The van der Waals surface area contributed by atoms with E-state index in [1.54, 1.807) is 0 Å². The second-order valence-corrected chi connectivity index (χ2v) is 4.18.